The number of nitrogens with one attached hydrogen (secondary N) is 1. The van der Waals surface area contributed by atoms with Crippen LogP contribution in [0.15, 0.2) is 23.8 Å². The van der Waals surface area contributed by atoms with E-state index in [4.69, 9.17) is 28.5 Å². The summed E-state index contributed by atoms with van der Waals surface area (Å²) in [5.74, 6) is -0.427. The van der Waals surface area contributed by atoms with Crippen LogP contribution < -0.4 is 5.32 Å². The molecule has 0 saturated carbocycles. The Morgan fingerprint density at radius 2 is 2.11 bits per heavy atom. The molecule has 0 aliphatic rings. The van der Waals surface area contributed by atoms with Crippen LogP contribution in [0.25, 0.3) is 6.08 Å². The van der Waals surface area contributed by atoms with Gasteiger partial charge in [-0.3, -0.25) is 4.79 Å². The van der Waals surface area contributed by atoms with Crippen LogP contribution >= 0.6 is 23.2 Å². The van der Waals surface area contributed by atoms with E-state index < -0.39 is 5.91 Å². The fourth-order valence-electron chi connectivity index (χ4n) is 1.28. The summed E-state index contributed by atoms with van der Waals surface area (Å²) in [6.07, 6.45) is 1.42. The maximum absolute atomic E-state index is 11.7. The normalized spacial score (nSPS) is 11.2. The first-order chi connectivity index (χ1) is 8.45. The van der Waals surface area contributed by atoms with Crippen LogP contribution in [0, 0.1) is 11.3 Å². The van der Waals surface area contributed by atoms with Gasteiger partial charge in [0.1, 0.15) is 11.6 Å². The molecule has 0 atom stereocenters. The zero-order valence-corrected chi connectivity index (χ0v) is 11.5. The Balaban J connectivity index is 3.09. The van der Waals surface area contributed by atoms with E-state index in [2.05, 4.69) is 5.32 Å². The molecule has 5 heteroatoms. The SMILES string of the molecule is CC(C)NC(=O)/C(C#N)=C/c1cccc(Cl)c1Cl. The number of benzene rings is 1. The van der Waals surface area contributed by atoms with E-state index >= 15 is 0 Å². The van der Waals surface area contributed by atoms with Crippen molar-refractivity contribution in [2.24, 2.45) is 0 Å². The quantitative estimate of drug-likeness (QED) is 0.682. The van der Waals surface area contributed by atoms with Gasteiger partial charge in [-0.25, -0.2) is 0 Å². The van der Waals surface area contributed by atoms with Crippen LogP contribution in [-0.2, 0) is 4.79 Å². The monoisotopic (exact) mass is 282 g/mol. The molecule has 18 heavy (non-hydrogen) atoms. The van der Waals surface area contributed by atoms with Gasteiger partial charge in [0, 0.05) is 6.04 Å². The summed E-state index contributed by atoms with van der Waals surface area (Å²) in [6, 6.07) is 6.84. The lowest BCUT2D eigenvalue weighted by atomic mass is 10.1. The predicted octanol–water partition coefficient (Wildman–Crippen LogP) is 3.42. The minimum absolute atomic E-state index is 0.00660. The van der Waals surface area contributed by atoms with Crippen LogP contribution in [0.3, 0.4) is 0 Å². The summed E-state index contributed by atoms with van der Waals surface area (Å²) < 4.78 is 0. The Kier molecular flexibility index (Phi) is 5.21. The van der Waals surface area contributed by atoms with E-state index in [0.29, 0.717) is 15.6 Å². The van der Waals surface area contributed by atoms with Gasteiger partial charge in [-0.15, -0.1) is 0 Å². The molecule has 0 saturated heterocycles. The predicted molar refractivity (Wildman–Crippen MR) is 73.3 cm³/mol. The molecular formula is C13H12Cl2N2O. The number of nitrogens with zero attached hydrogens (tertiary/aromatic N) is 1. The molecule has 0 bridgehead atoms. The van der Waals surface area contributed by atoms with Crippen molar-refractivity contribution < 1.29 is 4.79 Å². The van der Waals surface area contributed by atoms with Crippen LogP contribution in [0.1, 0.15) is 19.4 Å². The van der Waals surface area contributed by atoms with E-state index in [1.807, 2.05) is 19.9 Å². The van der Waals surface area contributed by atoms with Crippen molar-refractivity contribution in [1.29, 1.82) is 5.26 Å². The summed E-state index contributed by atoms with van der Waals surface area (Å²) in [7, 11) is 0. The molecule has 1 amide bonds. The second-order valence-electron chi connectivity index (χ2n) is 3.94. The third-order valence-corrected chi connectivity index (χ3v) is 2.90. The number of hydrogen-bond acceptors (Lipinski definition) is 2. The van der Waals surface area contributed by atoms with Gasteiger partial charge in [0.2, 0.25) is 0 Å². The minimum Gasteiger partial charge on any atom is -0.349 e. The van der Waals surface area contributed by atoms with Crippen LogP contribution in [0.5, 0.6) is 0 Å². The third-order valence-electron chi connectivity index (χ3n) is 2.07. The smallest absolute Gasteiger partial charge is 0.262 e. The summed E-state index contributed by atoms with van der Waals surface area (Å²) in [5.41, 5.74) is 0.535. The van der Waals surface area contributed by atoms with Crippen molar-refractivity contribution in [2.45, 2.75) is 19.9 Å². The number of amides is 1. The lowest BCUT2D eigenvalue weighted by Gasteiger charge is -2.07. The van der Waals surface area contributed by atoms with Crippen molar-refractivity contribution in [3.63, 3.8) is 0 Å². The second kappa shape index (κ2) is 6.44. The molecule has 94 valence electrons. The molecule has 0 unspecified atom stereocenters. The number of carbonyl (C=O) groups is 1. The number of halogens is 2. The highest BCUT2D eigenvalue weighted by molar-refractivity contribution is 6.43. The Morgan fingerprint density at radius 3 is 2.67 bits per heavy atom. The summed E-state index contributed by atoms with van der Waals surface area (Å²) in [5, 5.41) is 12.3. The van der Waals surface area contributed by atoms with Gasteiger partial charge < -0.3 is 5.32 Å². The zero-order chi connectivity index (χ0) is 13.7. The Morgan fingerprint density at radius 1 is 1.44 bits per heavy atom. The zero-order valence-electron chi connectivity index (χ0n) is 10.00. The standard InChI is InChI=1S/C13H12Cl2N2O/c1-8(2)17-13(18)10(7-16)6-9-4-3-5-11(14)12(9)15/h3-6,8H,1-2H3,(H,17,18)/b10-6+. The molecule has 0 fully saturated rings. The average Bonchev–Trinajstić information content (AvgIpc) is 2.30. The molecule has 1 aromatic carbocycles. The highest BCUT2D eigenvalue weighted by Crippen LogP contribution is 2.27. The van der Waals surface area contributed by atoms with Gasteiger partial charge in [0.15, 0.2) is 0 Å². The summed E-state index contributed by atoms with van der Waals surface area (Å²) in [4.78, 5) is 11.7. The van der Waals surface area contributed by atoms with E-state index in [1.54, 1.807) is 18.2 Å². The third kappa shape index (κ3) is 3.76. The molecule has 1 N–H and O–H groups in total. The van der Waals surface area contributed by atoms with Crippen molar-refractivity contribution in [2.75, 3.05) is 0 Å². The van der Waals surface area contributed by atoms with E-state index in [9.17, 15) is 4.79 Å². The molecule has 0 radical (unpaired) electrons. The topological polar surface area (TPSA) is 52.9 Å². The van der Waals surface area contributed by atoms with Gasteiger partial charge in [0.05, 0.1) is 10.0 Å². The Bertz CT molecular complexity index is 530. The van der Waals surface area contributed by atoms with Crippen molar-refractivity contribution in [1.82, 2.24) is 5.32 Å². The fraction of sp³-hybridized carbons (Fsp3) is 0.231. The molecule has 0 heterocycles. The number of rotatable bonds is 3. The Labute approximate surface area is 116 Å². The van der Waals surface area contributed by atoms with E-state index in [1.165, 1.54) is 6.08 Å². The van der Waals surface area contributed by atoms with Gasteiger partial charge in [0.25, 0.3) is 5.91 Å². The van der Waals surface area contributed by atoms with Gasteiger partial charge >= 0.3 is 0 Å². The molecular weight excluding hydrogens is 271 g/mol. The van der Waals surface area contributed by atoms with Crippen molar-refractivity contribution >= 4 is 35.2 Å². The minimum atomic E-state index is -0.427. The number of hydrogen-bond donors (Lipinski definition) is 1. The maximum atomic E-state index is 11.7. The van der Waals surface area contributed by atoms with Crippen LogP contribution in [0.2, 0.25) is 10.0 Å². The molecule has 1 aromatic rings. The molecule has 3 nitrogen and oxygen atoms in total. The van der Waals surface area contributed by atoms with Gasteiger partial charge in [-0.05, 0) is 31.6 Å². The summed E-state index contributed by atoms with van der Waals surface area (Å²) >= 11 is 11.8. The Hall–Kier alpha value is -1.50. The second-order valence-corrected chi connectivity index (χ2v) is 4.73. The molecule has 0 aliphatic carbocycles. The molecule has 1 rings (SSSR count). The van der Waals surface area contributed by atoms with E-state index in [-0.39, 0.29) is 11.6 Å². The molecule has 0 spiro atoms. The first-order valence-corrected chi connectivity index (χ1v) is 6.08. The van der Waals surface area contributed by atoms with Crippen LogP contribution in [0.4, 0.5) is 0 Å². The lowest BCUT2D eigenvalue weighted by molar-refractivity contribution is -0.117. The summed E-state index contributed by atoms with van der Waals surface area (Å²) in [6.45, 7) is 3.64. The molecule has 0 aliphatic heterocycles. The van der Waals surface area contributed by atoms with Gasteiger partial charge in [-0.1, -0.05) is 35.3 Å². The number of nitriles is 1. The van der Waals surface area contributed by atoms with Crippen molar-refractivity contribution in [3.05, 3.63) is 39.4 Å². The first-order valence-electron chi connectivity index (χ1n) is 5.32. The average molecular weight is 283 g/mol. The fourth-order valence-corrected chi connectivity index (χ4v) is 1.64. The maximum Gasteiger partial charge on any atom is 0.262 e. The first kappa shape index (κ1) is 14.6. The largest absolute Gasteiger partial charge is 0.349 e. The number of carbonyl (C=O) groups excluding carboxylic acids is 1. The molecule has 0 aromatic heterocycles. The lowest BCUT2D eigenvalue weighted by Crippen LogP contribution is -2.30. The highest BCUT2D eigenvalue weighted by Gasteiger charge is 2.11. The van der Waals surface area contributed by atoms with E-state index in [0.717, 1.165) is 0 Å². The van der Waals surface area contributed by atoms with Crippen LogP contribution in [-0.4, -0.2) is 11.9 Å². The van der Waals surface area contributed by atoms with Crippen molar-refractivity contribution in [3.8, 4) is 6.07 Å². The highest BCUT2D eigenvalue weighted by atomic mass is 35.5. The van der Waals surface area contributed by atoms with Gasteiger partial charge in [-0.2, -0.15) is 5.26 Å².